The average Bonchev–Trinajstić information content (AvgIpc) is 2.61. The largest absolute Gasteiger partial charge is 0.478 e. The predicted octanol–water partition coefficient (Wildman–Crippen LogP) is 3.85. The van der Waals surface area contributed by atoms with Gasteiger partial charge in [-0.05, 0) is 60.2 Å². The SMILES string of the molecule is O=C(O)c1ccc(-c2ccc(C(=O)O)cc2CCCCCCO)cc1. The highest BCUT2D eigenvalue weighted by Crippen LogP contribution is 2.27. The van der Waals surface area contributed by atoms with Crippen LogP contribution < -0.4 is 0 Å². The molecule has 0 heterocycles. The zero-order chi connectivity index (χ0) is 18.2. The molecule has 2 rings (SSSR count). The van der Waals surface area contributed by atoms with Crippen molar-refractivity contribution in [3.8, 4) is 11.1 Å². The van der Waals surface area contributed by atoms with Crippen molar-refractivity contribution in [2.24, 2.45) is 0 Å². The molecule has 0 unspecified atom stereocenters. The molecule has 0 fully saturated rings. The van der Waals surface area contributed by atoms with Crippen LogP contribution in [0.1, 0.15) is 52.0 Å². The summed E-state index contributed by atoms with van der Waals surface area (Å²) < 4.78 is 0. The minimum atomic E-state index is -0.975. The molecular weight excluding hydrogens is 320 g/mol. The molecule has 0 aliphatic heterocycles. The molecule has 25 heavy (non-hydrogen) atoms. The number of aliphatic hydroxyl groups is 1. The van der Waals surface area contributed by atoms with Gasteiger partial charge in [-0.1, -0.05) is 31.0 Å². The maximum absolute atomic E-state index is 11.2. The van der Waals surface area contributed by atoms with E-state index < -0.39 is 11.9 Å². The second kappa shape index (κ2) is 8.99. The maximum Gasteiger partial charge on any atom is 0.335 e. The van der Waals surface area contributed by atoms with E-state index in [9.17, 15) is 14.7 Å². The summed E-state index contributed by atoms with van der Waals surface area (Å²) >= 11 is 0. The third kappa shape index (κ3) is 5.16. The Morgan fingerprint density at radius 3 is 1.96 bits per heavy atom. The molecule has 132 valence electrons. The number of hydrogen-bond acceptors (Lipinski definition) is 3. The van der Waals surface area contributed by atoms with Crippen LogP contribution in [0.4, 0.5) is 0 Å². The molecule has 0 atom stereocenters. The molecule has 5 nitrogen and oxygen atoms in total. The predicted molar refractivity (Wildman–Crippen MR) is 95.1 cm³/mol. The van der Waals surface area contributed by atoms with Crippen molar-refractivity contribution in [3.63, 3.8) is 0 Å². The van der Waals surface area contributed by atoms with Crippen LogP contribution in [-0.4, -0.2) is 33.9 Å². The molecule has 0 radical (unpaired) electrons. The Balaban J connectivity index is 2.25. The highest BCUT2D eigenvalue weighted by Gasteiger charge is 2.11. The summed E-state index contributed by atoms with van der Waals surface area (Å²) in [7, 11) is 0. The molecule has 2 aromatic carbocycles. The molecule has 0 saturated heterocycles. The number of benzene rings is 2. The van der Waals surface area contributed by atoms with Gasteiger partial charge in [-0.15, -0.1) is 0 Å². The Morgan fingerprint density at radius 1 is 0.760 bits per heavy atom. The summed E-state index contributed by atoms with van der Waals surface area (Å²) in [6.07, 6.45) is 4.33. The Hall–Kier alpha value is -2.66. The minimum Gasteiger partial charge on any atom is -0.478 e. The first kappa shape index (κ1) is 18.7. The van der Waals surface area contributed by atoms with E-state index in [2.05, 4.69) is 0 Å². The normalized spacial score (nSPS) is 10.6. The van der Waals surface area contributed by atoms with Gasteiger partial charge in [0.25, 0.3) is 0 Å². The molecule has 0 amide bonds. The Bertz CT molecular complexity index is 734. The molecule has 0 bridgehead atoms. The summed E-state index contributed by atoms with van der Waals surface area (Å²) in [5.74, 6) is -1.94. The zero-order valence-electron chi connectivity index (χ0n) is 13.9. The van der Waals surface area contributed by atoms with Crippen molar-refractivity contribution < 1.29 is 24.9 Å². The first-order chi connectivity index (χ1) is 12.0. The van der Waals surface area contributed by atoms with Gasteiger partial charge < -0.3 is 15.3 Å². The molecule has 2 aromatic rings. The maximum atomic E-state index is 11.2. The van der Waals surface area contributed by atoms with E-state index in [1.165, 1.54) is 0 Å². The Kier molecular flexibility index (Phi) is 6.71. The van der Waals surface area contributed by atoms with Crippen molar-refractivity contribution in [1.82, 2.24) is 0 Å². The summed E-state index contributed by atoms with van der Waals surface area (Å²) in [4.78, 5) is 22.2. The standard InChI is InChI=1S/C20H22O5/c21-12-4-2-1-3-5-16-13-17(20(24)25)10-11-18(16)14-6-8-15(9-7-14)19(22)23/h6-11,13,21H,1-5,12H2,(H,22,23)(H,24,25). The molecular formula is C20H22O5. The monoisotopic (exact) mass is 342 g/mol. The Labute approximate surface area is 146 Å². The van der Waals surface area contributed by atoms with Crippen molar-refractivity contribution in [2.75, 3.05) is 6.61 Å². The van der Waals surface area contributed by atoms with E-state index in [4.69, 9.17) is 10.2 Å². The van der Waals surface area contributed by atoms with Crippen LogP contribution in [-0.2, 0) is 6.42 Å². The number of carboxylic acid groups (broad SMARTS) is 2. The minimum absolute atomic E-state index is 0.190. The van der Waals surface area contributed by atoms with Gasteiger partial charge in [0.2, 0.25) is 0 Å². The number of carbonyl (C=O) groups is 2. The number of aliphatic hydroxyl groups excluding tert-OH is 1. The number of carboxylic acids is 2. The van der Waals surface area contributed by atoms with Crippen LogP contribution in [0.5, 0.6) is 0 Å². The number of aryl methyl sites for hydroxylation is 1. The molecule has 0 spiro atoms. The lowest BCUT2D eigenvalue weighted by Crippen LogP contribution is -2.00. The third-order valence-corrected chi connectivity index (χ3v) is 4.15. The molecule has 0 saturated carbocycles. The van der Waals surface area contributed by atoms with Gasteiger partial charge in [0.15, 0.2) is 0 Å². The van der Waals surface area contributed by atoms with Gasteiger partial charge in [0.05, 0.1) is 11.1 Å². The highest BCUT2D eigenvalue weighted by molar-refractivity contribution is 5.90. The van der Waals surface area contributed by atoms with E-state index in [1.807, 2.05) is 0 Å². The first-order valence-corrected chi connectivity index (χ1v) is 8.33. The van der Waals surface area contributed by atoms with E-state index in [-0.39, 0.29) is 17.7 Å². The number of hydrogen-bond donors (Lipinski definition) is 3. The zero-order valence-corrected chi connectivity index (χ0v) is 13.9. The molecule has 3 N–H and O–H groups in total. The average molecular weight is 342 g/mol. The third-order valence-electron chi connectivity index (χ3n) is 4.15. The lowest BCUT2D eigenvalue weighted by Gasteiger charge is -2.12. The quantitative estimate of drug-likeness (QED) is 0.602. The van der Waals surface area contributed by atoms with Crippen LogP contribution in [0, 0.1) is 0 Å². The lowest BCUT2D eigenvalue weighted by molar-refractivity contribution is 0.0686. The molecule has 0 aromatic heterocycles. The topological polar surface area (TPSA) is 94.8 Å². The van der Waals surface area contributed by atoms with Crippen LogP contribution in [0.15, 0.2) is 42.5 Å². The van der Waals surface area contributed by atoms with Gasteiger partial charge in [-0.2, -0.15) is 0 Å². The summed E-state index contributed by atoms with van der Waals surface area (Å²) in [5, 5.41) is 27.0. The van der Waals surface area contributed by atoms with E-state index in [0.717, 1.165) is 48.8 Å². The Morgan fingerprint density at radius 2 is 1.36 bits per heavy atom. The van der Waals surface area contributed by atoms with Gasteiger partial charge in [0.1, 0.15) is 0 Å². The lowest BCUT2D eigenvalue weighted by atomic mass is 9.93. The van der Waals surface area contributed by atoms with Crippen molar-refractivity contribution in [3.05, 3.63) is 59.2 Å². The van der Waals surface area contributed by atoms with Crippen LogP contribution >= 0.6 is 0 Å². The van der Waals surface area contributed by atoms with E-state index in [1.54, 1.807) is 42.5 Å². The van der Waals surface area contributed by atoms with Crippen molar-refractivity contribution >= 4 is 11.9 Å². The molecule has 0 aliphatic carbocycles. The second-order valence-electron chi connectivity index (χ2n) is 5.95. The number of rotatable bonds is 9. The molecule has 0 aliphatic rings. The number of unbranched alkanes of at least 4 members (excludes halogenated alkanes) is 3. The van der Waals surface area contributed by atoms with Gasteiger partial charge in [-0.25, -0.2) is 9.59 Å². The van der Waals surface area contributed by atoms with Crippen LogP contribution in [0.3, 0.4) is 0 Å². The fourth-order valence-corrected chi connectivity index (χ4v) is 2.79. The fourth-order valence-electron chi connectivity index (χ4n) is 2.79. The van der Waals surface area contributed by atoms with Gasteiger partial charge >= 0.3 is 11.9 Å². The second-order valence-corrected chi connectivity index (χ2v) is 5.95. The highest BCUT2D eigenvalue weighted by atomic mass is 16.4. The van der Waals surface area contributed by atoms with Crippen LogP contribution in [0.2, 0.25) is 0 Å². The van der Waals surface area contributed by atoms with Crippen molar-refractivity contribution in [2.45, 2.75) is 32.1 Å². The summed E-state index contributed by atoms with van der Waals surface area (Å²) in [6, 6.07) is 11.6. The van der Waals surface area contributed by atoms with Crippen molar-refractivity contribution in [1.29, 1.82) is 0 Å². The first-order valence-electron chi connectivity index (χ1n) is 8.33. The van der Waals surface area contributed by atoms with Gasteiger partial charge in [0, 0.05) is 6.61 Å². The van der Waals surface area contributed by atoms with Gasteiger partial charge in [-0.3, -0.25) is 0 Å². The van der Waals surface area contributed by atoms with E-state index >= 15 is 0 Å². The van der Waals surface area contributed by atoms with E-state index in [0.29, 0.717) is 0 Å². The number of aromatic carboxylic acids is 2. The molecule has 5 heteroatoms. The summed E-state index contributed by atoms with van der Waals surface area (Å²) in [5.41, 5.74) is 3.19. The van der Waals surface area contributed by atoms with Crippen LogP contribution in [0.25, 0.3) is 11.1 Å². The summed E-state index contributed by atoms with van der Waals surface area (Å²) in [6.45, 7) is 0.190. The fraction of sp³-hybridized carbons (Fsp3) is 0.300. The smallest absolute Gasteiger partial charge is 0.335 e.